The van der Waals surface area contributed by atoms with Gasteiger partial charge >= 0.3 is 12.1 Å². The molecule has 0 heterocycles. The molecule has 0 rings (SSSR count). The van der Waals surface area contributed by atoms with Gasteiger partial charge in [0.2, 0.25) is 0 Å². The van der Waals surface area contributed by atoms with Crippen molar-refractivity contribution in [2.24, 2.45) is 17.3 Å². The molecule has 28 heavy (non-hydrogen) atoms. The summed E-state index contributed by atoms with van der Waals surface area (Å²) in [5.41, 5.74) is -1.11. The summed E-state index contributed by atoms with van der Waals surface area (Å²) in [5.74, 6) is -0.505. The van der Waals surface area contributed by atoms with E-state index in [1.165, 1.54) is 7.11 Å². The molecule has 166 valence electrons. The van der Waals surface area contributed by atoms with Gasteiger partial charge in [-0.15, -0.1) is 0 Å². The minimum atomic E-state index is -0.718. The zero-order valence-electron chi connectivity index (χ0n) is 19.4. The molecule has 0 aliphatic heterocycles. The summed E-state index contributed by atoms with van der Waals surface area (Å²) in [6.45, 7) is 17.7. The van der Waals surface area contributed by atoms with Crippen LogP contribution in [0.1, 0.15) is 54.9 Å². The first-order chi connectivity index (χ1) is 12.8. The lowest BCUT2D eigenvalue weighted by molar-refractivity contribution is -0.149. The van der Waals surface area contributed by atoms with Crippen LogP contribution in [0.4, 0.5) is 4.79 Å². The van der Waals surface area contributed by atoms with Gasteiger partial charge in [-0.1, -0.05) is 40.8 Å². The normalized spacial score (nSPS) is 16.5. The van der Waals surface area contributed by atoms with Crippen molar-refractivity contribution in [2.45, 2.75) is 85.9 Å². The summed E-state index contributed by atoms with van der Waals surface area (Å²) in [4.78, 5) is 24.7. The summed E-state index contributed by atoms with van der Waals surface area (Å²) in [6.07, 6.45) is -0.746. The lowest BCUT2D eigenvalue weighted by Crippen LogP contribution is -2.54. The van der Waals surface area contributed by atoms with E-state index >= 15 is 0 Å². The number of rotatable bonds is 11. The van der Waals surface area contributed by atoms with E-state index in [1.807, 2.05) is 48.5 Å². The van der Waals surface area contributed by atoms with Crippen molar-refractivity contribution in [3.05, 3.63) is 0 Å². The Bertz CT molecular complexity index is 487. The fourth-order valence-corrected chi connectivity index (χ4v) is 5.10. The van der Waals surface area contributed by atoms with E-state index < -0.39 is 42.9 Å². The molecule has 0 aliphatic carbocycles. The maximum atomic E-state index is 12.5. The van der Waals surface area contributed by atoms with E-state index in [4.69, 9.17) is 18.3 Å². The fraction of sp³-hybridized carbons (Fsp3) is 0.895. The molecular formula is C19H41NO6Si2. The number of ether oxygens (including phenoxy) is 2. The third kappa shape index (κ3) is 9.06. The topological polar surface area (TPSA) is 83.1 Å². The second kappa shape index (κ2) is 11.9. The Hall–Kier alpha value is -0.906. The molecule has 7 nitrogen and oxygen atoms in total. The first kappa shape index (κ1) is 27.1. The monoisotopic (exact) mass is 435 g/mol. The molecule has 0 aromatic carbocycles. The van der Waals surface area contributed by atoms with Crippen LogP contribution in [0.2, 0.25) is 13.1 Å². The van der Waals surface area contributed by atoms with Gasteiger partial charge in [0.1, 0.15) is 11.9 Å². The van der Waals surface area contributed by atoms with E-state index in [-0.39, 0.29) is 30.3 Å². The predicted octanol–water partition coefficient (Wildman–Crippen LogP) is 2.36. The molecule has 1 amide bonds. The van der Waals surface area contributed by atoms with Crippen molar-refractivity contribution in [1.29, 1.82) is 0 Å². The van der Waals surface area contributed by atoms with Gasteiger partial charge in [0.15, 0.2) is 19.5 Å². The summed E-state index contributed by atoms with van der Waals surface area (Å²) in [7, 11) is -0.0600. The van der Waals surface area contributed by atoms with Crippen LogP contribution in [-0.2, 0) is 23.1 Å². The number of hydrogen-bond donors (Lipinski definition) is 1. The number of nitrogens with one attached hydrogen (secondary N) is 1. The number of carbonyl (C=O) groups is 2. The van der Waals surface area contributed by atoms with Crippen molar-refractivity contribution in [2.75, 3.05) is 7.11 Å². The van der Waals surface area contributed by atoms with Crippen LogP contribution in [0.25, 0.3) is 0 Å². The van der Waals surface area contributed by atoms with Crippen molar-refractivity contribution < 1.29 is 27.9 Å². The van der Waals surface area contributed by atoms with Gasteiger partial charge in [0, 0.05) is 11.5 Å². The molecule has 0 spiro atoms. The quantitative estimate of drug-likeness (QED) is 0.305. The molecule has 2 atom stereocenters. The van der Waals surface area contributed by atoms with E-state index in [0.717, 1.165) is 0 Å². The van der Waals surface area contributed by atoms with Gasteiger partial charge in [-0.2, -0.15) is 0 Å². The van der Waals surface area contributed by atoms with Gasteiger partial charge in [-0.3, -0.25) is 4.79 Å². The zero-order chi connectivity index (χ0) is 22.1. The highest BCUT2D eigenvalue weighted by Crippen LogP contribution is 2.40. The minimum Gasteiger partial charge on any atom is -0.469 e. The smallest absolute Gasteiger partial charge is 0.407 e. The third-order valence-corrected chi connectivity index (χ3v) is 5.92. The molecule has 1 N–H and O–H groups in total. The third-order valence-electron chi connectivity index (χ3n) is 4.65. The summed E-state index contributed by atoms with van der Waals surface area (Å²) in [5, 5.41) is 2.99. The Labute approximate surface area is 175 Å². The summed E-state index contributed by atoms with van der Waals surface area (Å²) in [6, 6.07) is -0.310. The number of methoxy groups -OCH3 is 1. The Kier molecular flexibility index (Phi) is 11.6. The number of esters is 1. The molecule has 0 unspecified atom stereocenters. The number of carbonyl (C=O) groups excluding carboxylic acids is 2. The maximum absolute atomic E-state index is 12.5. The van der Waals surface area contributed by atoms with Gasteiger partial charge in [0.25, 0.3) is 0 Å². The Morgan fingerprint density at radius 3 is 1.86 bits per heavy atom. The summed E-state index contributed by atoms with van der Waals surface area (Å²) >= 11 is 0. The molecule has 0 aliphatic rings. The molecule has 0 saturated carbocycles. The van der Waals surface area contributed by atoms with Crippen LogP contribution >= 0.6 is 0 Å². The van der Waals surface area contributed by atoms with Crippen molar-refractivity contribution in [1.82, 2.24) is 5.32 Å². The van der Waals surface area contributed by atoms with Crippen LogP contribution in [-0.4, -0.2) is 56.6 Å². The van der Waals surface area contributed by atoms with Crippen LogP contribution in [0, 0.1) is 17.3 Å². The Morgan fingerprint density at radius 2 is 1.50 bits per heavy atom. The average Bonchev–Trinajstić information content (AvgIpc) is 2.55. The van der Waals surface area contributed by atoms with Crippen molar-refractivity contribution in [3.63, 3.8) is 0 Å². The van der Waals surface area contributed by atoms with E-state index in [9.17, 15) is 9.59 Å². The van der Waals surface area contributed by atoms with Gasteiger partial charge < -0.3 is 23.6 Å². The fourth-order valence-electron chi connectivity index (χ4n) is 3.25. The van der Waals surface area contributed by atoms with E-state index in [0.29, 0.717) is 0 Å². The van der Waals surface area contributed by atoms with Crippen molar-refractivity contribution in [3.8, 4) is 0 Å². The van der Waals surface area contributed by atoms with Crippen LogP contribution in [0.3, 0.4) is 0 Å². The van der Waals surface area contributed by atoms with Gasteiger partial charge in [-0.25, -0.2) is 4.79 Å². The molecule has 0 saturated heterocycles. The molecule has 0 bridgehead atoms. The molecule has 0 fully saturated rings. The molecule has 9 heteroatoms. The van der Waals surface area contributed by atoms with E-state index in [1.54, 1.807) is 0 Å². The second-order valence-corrected chi connectivity index (χ2v) is 10.7. The van der Waals surface area contributed by atoms with Crippen LogP contribution in [0.5, 0.6) is 0 Å². The molecule has 0 radical (unpaired) electrons. The largest absolute Gasteiger partial charge is 0.469 e. The molecule has 0 aromatic rings. The summed E-state index contributed by atoms with van der Waals surface area (Å²) < 4.78 is 22.4. The second-order valence-electron chi connectivity index (χ2n) is 8.87. The van der Waals surface area contributed by atoms with Gasteiger partial charge in [0.05, 0.1) is 13.5 Å². The highest BCUT2D eigenvalue weighted by Gasteiger charge is 2.45. The first-order valence-electron chi connectivity index (χ1n) is 10.1. The average molecular weight is 436 g/mol. The Balaban J connectivity index is 5.89. The SMILES string of the molecule is COC(=O)C[C@H]([C@H](NC(=O)OC(C)(C)C)C(C)C)C(C)(C)C(O[SiH2]C)O[SiH2]C. The first-order valence-corrected chi connectivity index (χ1v) is 14.1. The van der Waals surface area contributed by atoms with Crippen LogP contribution < -0.4 is 5.32 Å². The molecular weight excluding hydrogens is 394 g/mol. The maximum Gasteiger partial charge on any atom is 0.407 e. The zero-order valence-corrected chi connectivity index (χ0v) is 22.2. The standard InChI is InChI=1S/C19H41NO6Si2/c1-12(2)15(20-17(22)24-18(3,4)5)13(11-14(21)23-8)19(6,7)16(25-27-9)26-28-10/h12-13,15-16H,11,27-28H2,1-10H3,(H,20,22)/t13-,15-/m1/s1. The number of amides is 1. The highest BCUT2D eigenvalue weighted by molar-refractivity contribution is 6.26. The number of alkyl carbamates (subject to hydrolysis) is 1. The van der Waals surface area contributed by atoms with Crippen LogP contribution in [0.15, 0.2) is 0 Å². The van der Waals surface area contributed by atoms with Gasteiger partial charge in [-0.05, 0) is 32.6 Å². The Morgan fingerprint density at radius 1 is 1.00 bits per heavy atom. The lowest BCUT2D eigenvalue weighted by Gasteiger charge is -2.45. The number of hydrogen-bond acceptors (Lipinski definition) is 6. The predicted molar refractivity (Wildman–Crippen MR) is 117 cm³/mol. The van der Waals surface area contributed by atoms with E-state index in [2.05, 4.69) is 18.4 Å². The lowest BCUT2D eigenvalue weighted by atomic mass is 9.69. The molecule has 0 aromatic heterocycles. The highest BCUT2D eigenvalue weighted by atomic mass is 28.2. The minimum absolute atomic E-state index is 0.0693. The van der Waals surface area contributed by atoms with Crippen molar-refractivity contribution >= 4 is 31.6 Å².